The first-order chi connectivity index (χ1) is 14.6. The summed E-state index contributed by atoms with van der Waals surface area (Å²) >= 11 is 0. The molecule has 7 heteroatoms. The number of carbonyl (C=O) groups excluding carboxylic acids is 1. The smallest absolute Gasteiger partial charge is 0.260 e. The molecule has 0 radical (unpaired) electrons. The summed E-state index contributed by atoms with van der Waals surface area (Å²) < 4.78 is 20.2. The second kappa shape index (κ2) is 9.17. The summed E-state index contributed by atoms with van der Waals surface area (Å²) in [7, 11) is 3.34. The molecule has 2 aromatic heterocycles. The molecule has 0 saturated heterocycles. The number of rotatable bonds is 4. The summed E-state index contributed by atoms with van der Waals surface area (Å²) in [4.78, 5) is 21.7. The van der Waals surface area contributed by atoms with Crippen molar-refractivity contribution in [2.24, 2.45) is 7.05 Å². The van der Waals surface area contributed by atoms with Crippen molar-refractivity contribution in [3.63, 3.8) is 0 Å². The van der Waals surface area contributed by atoms with Crippen LogP contribution < -0.4 is 10.1 Å². The number of anilines is 1. The van der Waals surface area contributed by atoms with E-state index in [1.807, 2.05) is 20.9 Å². The molecule has 6 nitrogen and oxygen atoms in total. The van der Waals surface area contributed by atoms with E-state index >= 15 is 0 Å². The zero-order chi connectivity index (χ0) is 21.7. The number of hydrogen-bond acceptors (Lipinski definition) is 4. The normalized spacial score (nSPS) is 10.3. The molecule has 4 rings (SSSR count). The second-order valence-electron chi connectivity index (χ2n) is 6.19. The van der Waals surface area contributed by atoms with Gasteiger partial charge in [-0.3, -0.25) is 4.79 Å². The minimum absolute atomic E-state index is 0.304. The molecule has 2 aromatic carbocycles. The first-order valence-corrected chi connectivity index (χ1v) is 9.60. The maximum absolute atomic E-state index is 13.2. The molecule has 0 aliphatic carbocycles. The van der Waals surface area contributed by atoms with Gasteiger partial charge < -0.3 is 14.6 Å². The zero-order valence-electron chi connectivity index (χ0n) is 17.3. The Morgan fingerprint density at radius 3 is 2.40 bits per heavy atom. The lowest BCUT2D eigenvalue weighted by molar-refractivity contribution is 0.102. The number of hydrogen-bond donors (Lipinski definition) is 1. The fourth-order valence-electron chi connectivity index (χ4n) is 3.01. The molecule has 0 fully saturated rings. The van der Waals surface area contributed by atoms with Gasteiger partial charge in [0.1, 0.15) is 28.7 Å². The number of imidazole rings is 1. The molecule has 4 aromatic rings. The van der Waals surface area contributed by atoms with E-state index in [1.165, 1.54) is 19.2 Å². The number of methoxy groups -OCH3 is 1. The van der Waals surface area contributed by atoms with Crippen molar-refractivity contribution in [2.75, 3.05) is 12.4 Å². The summed E-state index contributed by atoms with van der Waals surface area (Å²) in [5, 5.41) is 2.79. The molecule has 0 saturated carbocycles. The van der Waals surface area contributed by atoms with Crippen LogP contribution in [0.3, 0.4) is 0 Å². The van der Waals surface area contributed by atoms with Crippen LogP contribution in [0.4, 0.5) is 10.2 Å². The van der Waals surface area contributed by atoms with Crippen LogP contribution >= 0.6 is 0 Å². The first-order valence-electron chi connectivity index (χ1n) is 9.60. The average Bonchev–Trinajstić information content (AvgIpc) is 3.11. The Balaban J connectivity index is 0.00000124. The van der Waals surface area contributed by atoms with Crippen LogP contribution in [0.15, 0.2) is 60.7 Å². The lowest BCUT2D eigenvalue weighted by Crippen LogP contribution is -2.14. The van der Waals surface area contributed by atoms with Crippen molar-refractivity contribution in [3.8, 4) is 17.1 Å². The van der Waals surface area contributed by atoms with Crippen LogP contribution in [0.25, 0.3) is 22.6 Å². The van der Waals surface area contributed by atoms with E-state index in [0.29, 0.717) is 34.1 Å². The Kier molecular flexibility index (Phi) is 6.41. The number of aryl methyl sites for hydroxylation is 1. The number of halogens is 1. The van der Waals surface area contributed by atoms with E-state index < -0.39 is 0 Å². The van der Waals surface area contributed by atoms with Crippen LogP contribution in [-0.2, 0) is 7.05 Å². The largest absolute Gasteiger partial charge is 0.496 e. The molecule has 30 heavy (non-hydrogen) atoms. The van der Waals surface area contributed by atoms with Gasteiger partial charge in [-0.2, -0.15) is 0 Å². The minimum atomic E-state index is -0.315. The summed E-state index contributed by atoms with van der Waals surface area (Å²) in [6, 6.07) is 16.6. The van der Waals surface area contributed by atoms with Gasteiger partial charge in [0.15, 0.2) is 5.65 Å². The average molecular weight is 406 g/mol. The molecule has 1 N–H and O–H groups in total. The Morgan fingerprint density at radius 2 is 1.70 bits per heavy atom. The van der Waals surface area contributed by atoms with Crippen molar-refractivity contribution in [1.29, 1.82) is 0 Å². The summed E-state index contributed by atoms with van der Waals surface area (Å²) in [6.45, 7) is 4.00. The summed E-state index contributed by atoms with van der Waals surface area (Å²) in [5.41, 5.74) is 2.49. The molecule has 0 aliphatic heterocycles. The highest BCUT2D eigenvalue weighted by Gasteiger charge is 2.15. The van der Waals surface area contributed by atoms with Gasteiger partial charge in [0.2, 0.25) is 0 Å². The summed E-state index contributed by atoms with van der Waals surface area (Å²) in [5.74, 6) is 0.931. The van der Waals surface area contributed by atoms with Gasteiger partial charge in [-0.1, -0.05) is 26.0 Å². The van der Waals surface area contributed by atoms with Gasteiger partial charge in [0.25, 0.3) is 5.91 Å². The third-order valence-corrected chi connectivity index (χ3v) is 4.41. The van der Waals surface area contributed by atoms with E-state index in [0.717, 1.165) is 5.56 Å². The number of nitrogens with one attached hydrogen (secondary N) is 1. The predicted octanol–water partition coefficient (Wildman–Crippen LogP) is 5.06. The van der Waals surface area contributed by atoms with Crippen LogP contribution in [0.5, 0.6) is 5.75 Å². The SMILES string of the molecule is CC.COc1ccccc1C(=O)Nc1ccc2nc(-c3ccc(F)cc3)n(C)c2n1. The van der Waals surface area contributed by atoms with Gasteiger partial charge in [-0.05, 0) is 48.5 Å². The Hall–Kier alpha value is -3.74. The van der Waals surface area contributed by atoms with E-state index in [-0.39, 0.29) is 11.7 Å². The highest BCUT2D eigenvalue weighted by Crippen LogP contribution is 2.24. The molecule has 1 amide bonds. The molecule has 154 valence electrons. The molecule has 0 aliphatic rings. The van der Waals surface area contributed by atoms with Gasteiger partial charge in [-0.15, -0.1) is 0 Å². The van der Waals surface area contributed by atoms with Crippen LogP contribution in [0.1, 0.15) is 24.2 Å². The number of nitrogens with zero attached hydrogens (tertiary/aromatic N) is 3. The standard InChI is InChI=1S/C21H17FN4O2.C2H6/c1-26-19(13-7-9-14(22)10-8-13)23-16-11-12-18(24-20(16)26)25-21(27)15-5-3-4-6-17(15)28-2;1-2/h3-12H,1-2H3,(H,24,25,27);1-2H3. The highest BCUT2D eigenvalue weighted by molar-refractivity contribution is 6.06. The Bertz CT molecular complexity index is 1170. The quantitative estimate of drug-likeness (QED) is 0.514. The number of pyridine rings is 1. The van der Waals surface area contributed by atoms with Crippen molar-refractivity contribution in [1.82, 2.24) is 14.5 Å². The fourth-order valence-corrected chi connectivity index (χ4v) is 3.01. The lowest BCUT2D eigenvalue weighted by Gasteiger charge is -2.08. The van der Waals surface area contributed by atoms with Crippen molar-refractivity contribution < 1.29 is 13.9 Å². The number of aromatic nitrogens is 3. The molecule has 0 unspecified atom stereocenters. The number of benzene rings is 2. The van der Waals surface area contributed by atoms with Gasteiger partial charge in [0.05, 0.1) is 12.7 Å². The van der Waals surface area contributed by atoms with E-state index in [4.69, 9.17) is 4.74 Å². The van der Waals surface area contributed by atoms with Crippen LogP contribution in [-0.4, -0.2) is 27.6 Å². The maximum Gasteiger partial charge on any atom is 0.260 e. The van der Waals surface area contributed by atoms with E-state index in [9.17, 15) is 9.18 Å². The topological polar surface area (TPSA) is 69.0 Å². The van der Waals surface area contributed by atoms with Gasteiger partial charge >= 0.3 is 0 Å². The lowest BCUT2D eigenvalue weighted by atomic mass is 10.2. The first kappa shape index (κ1) is 21.0. The van der Waals surface area contributed by atoms with Crippen molar-refractivity contribution in [2.45, 2.75) is 13.8 Å². The van der Waals surface area contributed by atoms with Crippen molar-refractivity contribution in [3.05, 3.63) is 72.0 Å². The molecule has 2 heterocycles. The second-order valence-corrected chi connectivity index (χ2v) is 6.19. The molecule has 0 atom stereocenters. The molecule has 0 spiro atoms. The van der Waals surface area contributed by atoms with Crippen LogP contribution in [0, 0.1) is 5.82 Å². The number of fused-ring (bicyclic) bond motifs is 1. The monoisotopic (exact) mass is 406 g/mol. The van der Waals surface area contributed by atoms with E-state index in [1.54, 1.807) is 53.1 Å². The predicted molar refractivity (Wildman–Crippen MR) is 116 cm³/mol. The number of ether oxygens (including phenoxy) is 1. The number of amides is 1. The van der Waals surface area contributed by atoms with Gasteiger partial charge in [-0.25, -0.2) is 14.4 Å². The third-order valence-electron chi connectivity index (χ3n) is 4.41. The fraction of sp³-hybridized carbons (Fsp3) is 0.174. The zero-order valence-corrected chi connectivity index (χ0v) is 17.3. The third kappa shape index (κ3) is 4.15. The number of carbonyl (C=O) groups is 1. The van der Waals surface area contributed by atoms with Gasteiger partial charge in [0, 0.05) is 12.6 Å². The minimum Gasteiger partial charge on any atom is -0.496 e. The Labute approximate surface area is 174 Å². The van der Waals surface area contributed by atoms with Crippen LogP contribution in [0.2, 0.25) is 0 Å². The number of para-hydroxylation sites is 1. The molecular formula is C23H23FN4O2. The molecular weight excluding hydrogens is 383 g/mol. The summed E-state index contributed by atoms with van der Waals surface area (Å²) in [6.07, 6.45) is 0. The van der Waals surface area contributed by atoms with E-state index in [2.05, 4.69) is 15.3 Å². The molecule has 0 bridgehead atoms. The maximum atomic E-state index is 13.2. The highest BCUT2D eigenvalue weighted by atomic mass is 19.1. The van der Waals surface area contributed by atoms with Crippen molar-refractivity contribution >= 4 is 22.9 Å². The Morgan fingerprint density at radius 1 is 1.00 bits per heavy atom.